The molecular weight excluding hydrogens is 396 g/mol. The van der Waals surface area contributed by atoms with Gasteiger partial charge < -0.3 is 9.73 Å². The molecule has 0 aliphatic carbocycles. The van der Waals surface area contributed by atoms with Crippen LogP contribution < -0.4 is 5.32 Å². The number of nitrogens with zero attached hydrogens (tertiary/aromatic N) is 1. The van der Waals surface area contributed by atoms with E-state index in [-0.39, 0.29) is 17.3 Å². The third-order valence-electron chi connectivity index (χ3n) is 4.67. The lowest BCUT2D eigenvalue weighted by atomic mass is 10.2. The predicted molar refractivity (Wildman–Crippen MR) is 108 cm³/mol. The zero-order valence-electron chi connectivity index (χ0n) is 15.1. The van der Waals surface area contributed by atoms with Gasteiger partial charge in [0.25, 0.3) is 5.91 Å². The first-order chi connectivity index (χ1) is 13.5. The molecule has 0 atom stereocenters. The second kappa shape index (κ2) is 7.90. The fraction of sp³-hybridized carbons (Fsp3) is 0.250. The number of hydrogen-bond donors (Lipinski definition) is 1. The Morgan fingerprint density at radius 1 is 1.07 bits per heavy atom. The maximum Gasteiger partial charge on any atom is 0.251 e. The van der Waals surface area contributed by atoms with Crippen molar-refractivity contribution in [1.82, 2.24) is 9.62 Å². The highest BCUT2D eigenvalue weighted by Crippen LogP contribution is 2.26. The lowest BCUT2D eigenvalue weighted by Gasteiger charge is -2.15. The molecule has 28 heavy (non-hydrogen) atoms. The average Bonchev–Trinajstić information content (AvgIpc) is 3.48. The van der Waals surface area contributed by atoms with Crippen molar-refractivity contribution in [1.29, 1.82) is 0 Å². The van der Waals surface area contributed by atoms with Crippen LogP contribution in [0.4, 0.5) is 0 Å². The van der Waals surface area contributed by atoms with E-state index in [1.54, 1.807) is 11.3 Å². The smallest absolute Gasteiger partial charge is 0.251 e. The van der Waals surface area contributed by atoms with E-state index in [0.717, 1.165) is 23.5 Å². The van der Waals surface area contributed by atoms with Crippen LogP contribution in [0.5, 0.6) is 0 Å². The summed E-state index contributed by atoms with van der Waals surface area (Å²) in [5, 5.41) is 4.78. The Morgan fingerprint density at radius 3 is 2.50 bits per heavy atom. The van der Waals surface area contributed by atoms with Crippen LogP contribution in [0, 0.1) is 0 Å². The first-order valence-corrected chi connectivity index (χ1v) is 11.4. The van der Waals surface area contributed by atoms with Crippen LogP contribution in [0.1, 0.15) is 29.0 Å². The molecule has 1 aliphatic rings. The van der Waals surface area contributed by atoms with Gasteiger partial charge in [0.15, 0.2) is 0 Å². The molecule has 0 spiro atoms. The van der Waals surface area contributed by atoms with E-state index in [0.29, 0.717) is 24.4 Å². The summed E-state index contributed by atoms with van der Waals surface area (Å²) < 4.78 is 32.3. The number of amides is 1. The Balaban J connectivity index is 1.39. The topological polar surface area (TPSA) is 79.6 Å². The molecular formula is C20H20N2O4S2. The zero-order valence-corrected chi connectivity index (χ0v) is 16.8. The standard InChI is InChI=1S/C20H20N2O4S2/c23-20(21-14-16-7-10-18(26-16)19-4-3-13-27-19)15-5-8-17(9-6-15)28(24,25)22-11-1-2-12-22/h3-10,13H,1-2,11-12,14H2,(H,21,23). The number of carbonyl (C=O) groups excluding carboxylic acids is 1. The summed E-state index contributed by atoms with van der Waals surface area (Å²) in [5.74, 6) is 1.15. The summed E-state index contributed by atoms with van der Waals surface area (Å²) in [5.41, 5.74) is 0.408. The number of rotatable bonds is 6. The van der Waals surface area contributed by atoms with Crippen LogP contribution in [-0.2, 0) is 16.6 Å². The number of thiophene rings is 1. The highest BCUT2D eigenvalue weighted by molar-refractivity contribution is 7.89. The predicted octanol–water partition coefficient (Wildman–Crippen LogP) is 3.72. The van der Waals surface area contributed by atoms with E-state index in [9.17, 15) is 13.2 Å². The number of furan rings is 1. The van der Waals surface area contributed by atoms with Crippen LogP contribution in [-0.4, -0.2) is 31.7 Å². The second-order valence-corrected chi connectivity index (χ2v) is 9.45. The fourth-order valence-corrected chi connectivity index (χ4v) is 5.35. The molecule has 1 amide bonds. The lowest BCUT2D eigenvalue weighted by molar-refractivity contribution is 0.0948. The molecule has 1 aromatic carbocycles. The van der Waals surface area contributed by atoms with Crippen molar-refractivity contribution >= 4 is 27.3 Å². The van der Waals surface area contributed by atoms with Gasteiger partial charge in [0.05, 0.1) is 16.3 Å². The Hall–Kier alpha value is -2.42. The minimum absolute atomic E-state index is 0.220. The van der Waals surface area contributed by atoms with Crippen molar-refractivity contribution in [3.05, 3.63) is 65.2 Å². The normalized spacial score (nSPS) is 15.0. The Labute approximate surface area is 167 Å². The molecule has 1 N–H and O–H groups in total. The van der Waals surface area contributed by atoms with Crippen LogP contribution in [0.3, 0.4) is 0 Å². The van der Waals surface area contributed by atoms with Gasteiger partial charge in [-0.3, -0.25) is 4.79 Å². The van der Waals surface area contributed by atoms with Crippen LogP contribution in [0.2, 0.25) is 0 Å². The molecule has 4 rings (SSSR count). The van der Waals surface area contributed by atoms with Gasteiger partial charge in [-0.15, -0.1) is 11.3 Å². The van der Waals surface area contributed by atoms with Gasteiger partial charge in [0, 0.05) is 18.7 Å². The molecule has 0 saturated carbocycles. The van der Waals surface area contributed by atoms with Gasteiger partial charge >= 0.3 is 0 Å². The van der Waals surface area contributed by atoms with E-state index >= 15 is 0 Å². The molecule has 1 aliphatic heterocycles. The molecule has 3 aromatic rings. The zero-order chi connectivity index (χ0) is 19.6. The first kappa shape index (κ1) is 18.9. The lowest BCUT2D eigenvalue weighted by Crippen LogP contribution is -2.28. The number of nitrogens with one attached hydrogen (secondary N) is 1. The van der Waals surface area contributed by atoms with Crippen molar-refractivity contribution in [2.75, 3.05) is 13.1 Å². The Morgan fingerprint density at radius 2 is 1.82 bits per heavy atom. The summed E-state index contributed by atoms with van der Waals surface area (Å²) in [7, 11) is -3.47. The van der Waals surface area contributed by atoms with E-state index in [1.165, 1.54) is 28.6 Å². The van der Waals surface area contributed by atoms with Crippen molar-refractivity contribution in [2.45, 2.75) is 24.3 Å². The number of hydrogen-bond acceptors (Lipinski definition) is 5. The van der Waals surface area contributed by atoms with Crippen molar-refractivity contribution in [2.24, 2.45) is 0 Å². The van der Waals surface area contributed by atoms with Crippen LogP contribution >= 0.6 is 11.3 Å². The van der Waals surface area contributed by atoms with Gasteiger partial charge in [0.2, 0.25) is 10.0 Å². The molecule has 146 valence electrons. The Bertz CT molecular complexity index is 1050. The third kappa shape index (κ3) is 3.89. The molecule has 0 radical (unpaired) electrons. The summed E-state index contributed by atoms with van der Waals surface area (Å²) in [6, 6.07) is 13.7. The van der Waals surface area contributed by atoms with Crippen molar-refractivity contribution in [3.63, 3.8) is 0 Å². The quantitative estimate of drug-likeness (QED) is 0.664. The molecule has 1 saturated heterocycles. The van der Waals surface area contributed by atoms with Gasteiger partial charge in [-0.2, -0.15) is 4.31 Å². The van der Waals surface area contributed by atoms with E-state index < -0.39 is 10.0 Å². The van der Waals surface area contributed by atoms with Crippen LogP contribution in [0.15, 0.2) is 63.2 Å². The van der Waals surface area contributed by atoms with Crippen molar-refractivity contribution in [3.8, 4) is 10.6 Å². The fourth-order valence-electron chi connectivity index (χ4n) is 3.15. The largest absolute Gasteiger partial charge is 0.458 e. The monoisotopic (exact) mass is 416 g/mol. The maximum absolute atomic E-state index is 12.5. The number of sulfonamides is 1. The minimum atomic E-state index is -3.47. The van der Waals surface area contributed by atoms with Gasteiger partial charge in [0.1, 0.15) is 11.5 Å². The summed E-state index contributed by atoms with van der Waals surface area (Å²) >= 11 is 1.59. The summed E-state index contributed by atoms with van der Waals surface area (Å²) in [6.45, 7) is 1.38. The molecule has 6 nitrogen and oxygen atoms in total. The number of carbonyl (C=O) groups is 1. The average molecular weight is 417 g/mol. The van der Waals surface area contributed by atoms with E-state index in [4.69, 9.17) is 4.42 Å². The molecule has 0 bridgehead atoms. The minimum Gasteiger partial charge on any atom is -0.458 e. The SMILES string of the molecule is O=C(NCc1ccc(-c2cccs2)o1)c1ccc(S(=O)(=O)N2CCCC2)cc1. The van der Waals surface area contributed by atoms with Gasteiger partial charge in [-0.25, -0.2) is 8.42 Å². The molecule has 2 aromatic heterocycles. The number of benzene rings is 1. The second-order valence-electron chi connectivity index (χ2n) is 6.56. The highest BCUT2D eigenvalue weighted by atomic mass is 32.2. The molecule has 1 fully saturated rings. The van der Waals surface area contributed by atoms with Crippen molar-refractivity contribution < 1.29 is 17.6 Å². The molecule has 3 heterocycles. The van der Waals surface area contributed by atoms with Gasteiger partial charge in [-0.05, 0) is 60.7 Å². The molecule has 8 heteroatoms. The molecule has 0 unspecified atom stereocenters. The maximum atomic E-state index is 12.5. The first-order valence-electron chi connectivity index (χ1n) is 9.05. The highest BCUT2D eigenvalue weighted by Gasteiger charge is 2.27. The summed E-state index contributed by atoms with van der Waals surface area (Å²) in [4.78, 5) is 13.6. The van der Waals surface area contributed by atoms with Gasteiger partial charge in [-0.1, -0.05) is 6.07 Å². The van der Waals surface area contributed by atoms with E-state index in [2.05, 4.69) is 5.32 Å². The van der Waals surface area contributed by atoms with Crippen LogP contribution in [0.25, 0.3) is 10.6 Å². The summed E-state index contributed by atoms with van der Waals surface area (Å²) in [6.07, 6.45) is 1.78. The van der Waals surface area contributed by atoms with E-state index in [1.807, 2.05) is 29.6 Å². The third-order valence-corrected chi connectivity index (χ3v) is 7.47. The Kier molecular flexibility index (Phi) is 5.34.